The molecule has 1 aromatic heterocycles. The summed E-state index contributed by atoms with van der Waals surface area (Å²) in [6, 6.07) is 5.91. The number of nitrogens with one attached hydrogen (secondary N) is 2. The van der Waals surface area contributed by atoms with E-state index >= 15 is 0 Å². The van der Waals surface area contributed by atoms with Gasteiger partial charge in [-0.1, -0.05) is 57.8 Å². The summed E-state index contributed by atoms with van der Waals surface area (Å²) in [7, 11) is -2.65. The zero-order valence-electron chi connectivity index (χ0n) is 24.9. The second kappa shape index (κ2) is 12.8. The normalized spacial score (nSPS) is 21.3. The van der Waals surface area contributed by atoms with Crippen LogP contribution in [0.1, 0.15) is 46.6 Å². The van der Waals surface area contributed by atoms with Crippen LogP contribution < -0.4 is 16.1 Å². The minimum absolute atomic E-state index is 0.0448. The van der Waals surface area contributed by atoms with Crippen LogP contribution in [0.5, 0.6) is 0 Å². The van der Waals surface area contributed by atoms with E-state index in [-0.39, 0.29) is 22.4 Å². The quantitative estimate of drug-likeness (QED) is 0.336. The van der Waals surface area contributed by atoms with Crippen molar-refractivity contribution in [2.24, 2.45) is 11.3 Å². The van der Waals surface area contributed by atoms with Crippen LogP contribution in [-0.4, -0.2) is 57.9 Å². The summed E-state index contributed by atoms with van der Waals surface area (Å²) in [5, 5.41) is 16.9. The SMILES string of the molecule is CC1(C)COB(c2c(Cl)cc(Nc3ncc(Cl)c(NC4COCCC4C#N)n3)cc2CO[Si](C)(C)C(C)(C)C)OC1. The fraction of sp³-hybridized carbons (Fsp3) is 0.607. The van der Waals surface area contributed by atoms with Crippen LogP contribution >= 0.6 is 23.2 Å². The number of hydrogen-bond acceptors (Lipinski definition) is 9. The van der Waals surface area contributed by atoms with E-state index in [2.05, 4.69) is 74.4 Å². The van der Waals surface area contributed by atoms with Gasteiger partial charge in [0.05, 0.1) is 37.4 Å². The van der Waals surface area contributed by atoms with E-state index in [1.54, 1.807) is 0 Å². The zero-order valence-corrected chi connectivity index (χ0v) is 27.4. The molecule has 222 valence electrons. The first-order valence-electron chi connectivity index (χ1n) is 13.9. The molecule has 0 bridgehead atoms. The standard InChI is InChI=1S/C28H40BCl2N5O4Si/c1-27(2,3)41(6,7)40-14-19-10-20(11-21(30)24(19)29-38-16-28(4,5)17-39-29)34-26-33-13-22(31)25(36-26)35-23-15-37-9-8-18(23)12-32/h10-11,13,18,23H,8-9,14-17H2,1-7H3,(H2,33,34,35,36). The van der Waals surface area contributed by atoms with Gasteiger partial charge in [0.2, 0.25) is 5.95 Å². The van der Waals surface area contributed by atoms with Crippen molar-refractivity contribution < 1.29 is 18.5 Å². The molecular weight excluding hydrogens is 580 g/mol. The highest BCUT2D eigenvalue weighted by molar-refractivity contribution is 6.74. The van der Waals surface area contributed by atoms with E-state index in [1.165, 1.54) is 6.20 Å². The molecule has 2 unspecified atom stereocenters. The van der Waals surface area contributed by atoms with Crippen LogP contribution in [0, 0.1) is 22.7 Å². The third kappa shape index (κ3) is 7.93. The second-order valence-corrected chi connectivity index (χ2v) is 18.7. The Kier molecular flexibility index (Phi) is 9.96. The Morgan fingerprint density at radius 3 is 2.56 bits per heavy atom. The molecule has 3 heterocycles. The van der Waals surface area contributed by atoms with E-state index in [9.17, 15) is 5.26 Å². The average molecular weight is 620 g/mol. The van der Waals surface area contributed by atoms with Gasteiger partial charge >= 0.3 is 7.12 Å². The summed E-state index contributed by atoms with van der Waals surface area (Å²) < 4.78 is 24.4. The number of nitriles is 1. The first kappa shape index (κ1) is 32.0. The van der Waals surface area contributed by atoms with Crippen molar-refractivity contribution in [3.05, 3.63) is 33.9 Å². The Morgan fingerprint density at radius 2 is 1.90 bits per heavy atom. The summed E-state index contributed by atoms with van der Waals surface area (Å²) in [6.45, 7) is 17.7. The fourth-order valence-corrected chi connectivity index (χ4v) is 5.75. The molecule has 0 saturated carbocycles. The molecule has 2 saturated heterocycles. The Morgan fingerprint density at radius 1 is 1.20 bits per heavy atom. The average Bonchev–Trinajstić information content (AvgIpc) is 2.89. The van der Waals surface area contributed by atoms with Gasteiger partial charge in [0.15, 0.2) is 14.1 Å². The minimum Gasteiger partial charge on any atom is -0.413 e. The molecule has 41 heavy (non-hydrogen) atoms. The highest BCUT2D eigenvalue weighted by atomic mass is 35.5. The van der Waals surface area contributed by atoms with Gasteiger partial charge < -0.3 is 29.1 Å². The fourth-order valence-electron chi connectivity index (χ4n) is 4.33. The molecular formula is C28H40BCl2N5O4Si. The van der Waals surface area contributed by atoms with E-state index in [0.29, 0.717) is 67.0 Å². The summed E-state index contributed by atoms with van der Waals surface area (Å²) >= 11 is 13.3. The highest BCUT2D eigenvalue weighted by Crippen LogP contribution is 2.37. The van der Waals surface area contributed by atoms with Gasteiger partial charge in [0.1, 0.15) is 5.02 Å². The van der Waals surface area contributed by atoms with Gasteiger partial charge in [0.25, 0.3) is 0 Å². The molecule has 2 aliphatic rings. The van der Waals surface area contributed by atoms with Crippen LogP contribution in [-0.2, 0) is 25.1 Å². The topological polar surface area (TPSA) is 111 Å². The summed E-state index contributed by atoms with van der Waals surface area (Å²) in [4.78, 5) is 8.95. The van der Waals surface area contributed by atoms with Crippen LogP contribution in [0.15, 0.2) is 18.3 Å². The molecule has 0 amide bonds. The predicted molar refractivity (Wildman–Crippen MR) is 167 cm³/mol. The predicted octanol–water partition coefficient (Wildman–Crippen LogP) is 6.16. The van der Waals surface area contributed by atoms with Crippen LogP contribution in [0.3, 0.4) is 0 Å². The second-order valence-electron chi connectivity index (χ2n) is 13.1. The lowest BCUT2D eigenvalue weighted by Crippen LogP contribution is -2.49. The lowest BCUT2D eigenvalue weighted by molar-refractivity contribution is 0.0342. The molecule has 2 fully saturated rings. The zero-order chi connectivity index (χ0) is 30.0. The molecule has 2 aliphatic heterocycles. The first-order chi connectivity index (χ1) is 19.2. The number of aromatic nitrogens is 2. The van der Waals surface area contributed by atoms with Gasteiger partial charge in [-0.05, 0) is 42.2 Å². The minimum atomic E-state index is -2.06. The number of ether oxygens (including phenoxy) is 1. The van der Waals surface area contributed by atoms with Crippen molar-refractivity contribution in [2.45, 2.75) is 71.8 Å². The number of benzene rings is 1. The van der Waals surface area contributed by atoms with Crippen molar-refractivity contribution in [3.63, 3.8) is 0 Å². The van der Waals surface area contributed by atoms with E-state index < -0.39 is 15.4 Å². The molecule has 2 atom stereocenters. The Labute approximate surface area is 254 Å². The molecule has 0 radical (unpaired) electrons. The Hall–Kier alpha value is -1.91. The number of nitrogens with zero attached hydrogens (tertiary/aromatic N) is 3. The maximum atomic E-state index is 9.53. The van der Waals surface area contributed by atoms with Crippen molar-refractivity contribution in [1.82, 2.24) is 9.97 Å². The van der Waals surface area contributed by atoms with Crippen LogP contribution in [0.2, 0.25) is 28.2 Å². The van der Waals surface area contributed by atoms with Crippen LogP contribution in [0.25, 0.3) is 0 Å². The molecule has 2 N–H and O–H groups in total. The van der Waals surface area contributed by atoms with E-state index in [0.717, 1.165) is 11.0 Å². The summed E-state index contributed by atoms with van der Waals surface area (Å²) in [5.41, 5.74) is 2.26. The number of hydrogen-bond donors (Lipinski definition) is 2. The molecule has 2 aromatic rings. The molecule has 0 spiro atoms. The van der Waals surface area contributed by atoms with Gasteiger partial charge in [-0.3, -0.25) is 0 Å². The summed E-state index contributed by atoms with van der Waals surface area (Å²) in [6.07, 6.45) is 2.17. The first-order valence-corrected chi connectivity index (χ1v) is 17.6. The Bertz CT molecular complexity index is 1280. The van der Waals surface area contributed by atoms with Gasteiger partial charge in [-0.25, -0.2) is 4.98 Å². The molecule has 4 rings (SSSR count). The smallest absolute Gasteiger partial charge is 0.413 e. The Balaban J connectivity index is 1.61. The van der Waals surface area contributed by atoms with Gasteiger partial charge in [-0.15, -0.1) is 0 Å². The van der Waals surface area contributed by atoms with Crippen LogP contribution in [0.4, 0.5) is 17.5 Å². The van der Waals surface area contributed by atoms with Crippen molar-refractivity contribution in [3.8, 4) is 6.07 Å². The highest BCUT2D eigenvalue weighted by Gasteiger charge is 2.39. The maximum absolute atomic E-state index is 9.53. The molecule has 1 aromatic carbocycles. The molecule has 13 heteroatoms. The number of halogens is 2. The third-order valence-corrected chi connectivity index (χ3v) is 13.0. The van der Waals surface area contributed by atoms with E-state index in [1.807, 2.05) is 12.1 Å². The van der Waals surface area contributed by atoms with Crippen molar-refractivity contribution in [2.75, 3.05) is 37.1 Å². The van der Waals surface area contributed by atoms with E-state index in [4.69, 9.17) is 41.7 Å². The lowest BCUT2D eigenvalue weighted by Gasteiger charge is -2.37. The number of rotatable bonds is 8. The largest absolute Gasteiger partial charge is 0.495 e. The molecule has 0 aliphatic carbocycles. The van der Waals surface area contributed by atoms with Gasteiger partial charge in [0, 0.05) is 41.4 Å². The summed E-state index contributed by atoms with van der Waals surface area (Å²) in [5.74, 6) is 0.556. The molecule has 9 nitrogen and oxygen atoms in total. The number of anilines is 3. The van der Waals surface area contributed by atoms with Crippen molar-refractivity contribution >= 4 is 61.6 Å². The lowest BCUT2D eigenvalue weighted by atomic mass is 9.73. The third-order valence-electron chi connectivity index (χ3n) is 7.94. The monoisotopic (exact) mass is 619 g/mol. The maximum Gasteiger partial charge on any atom is 0.495 e. The van der Waals surface area contributed by atoms with Gasteiger partial charge in [-0.2, -0.15) is 10.2 Å². The van der Waals surface area contributed by atoms with Crippen molar-refractivity contribution in [1.29, 1.82) is 5.26 Å².